The number of nitrogens with two attached hydrogens (primary N) is 1. The maximum absolute atomic E-state index is 11.7. The highest BCUT2D eigenvalue weighted by atomic mass is 35.5. The van der Waals surface area contributed by atoms with Crippen LogP contribution in [0.3, 0.4) is 0 Å². The van der Waals surface area contributed by atoms with Crippen LogP contribution in [0, 0.1) is 0 Å². The Morgan fingerprint density at radius 2 is 1.79 bits per heavy atom. The van der Waals surface area contributed by atoms with Crippen LogP contribution in [0.4, 0.5) is 16.2 Å². The fourth-order valence-corrected chi connectivity index (χ4v) is 1.76. The summed E-state index contributed by atoms with van der Waals surface area (Å²) in [6.07, 6.45) is 0. The van der Waals surface area contributed by atoms with Crippen LogP contribution in [0.25, 0.3) is 0 Å². The Labute approximate surface area is 116 Å². The van der Waals surface area contributed by atoms with Crippen LogP contribution in [-0.2, 0) is 6.54 Å². The predicted molar refractivity (Wildman–Crippen MR) is 78.2 cm³/mol. The first kappa shape index (κ1) is 13.2. The predicted octanol–water partition coefficient (Wildman–Crippen LogP) is 3.24. The van der Waals surface area contributed by atoms with Gasteiger partial charge in [-0.15, -0.1) is 0 Å². The van der Waals surface area contributed by atoms with Gasteiger partial charge in [-0.2, -0.15) is 0 Å². The lowest BCUT2D eigenvalue weighted by Crippen LogP contribution is -2.28. The van der Waals surface area contributed by atoms with Gasteiger partial charge in [0.1, 0.15) is 0 Å². The van der Waals surface area contributed by atoms with Crippen molar-refractivity contribution in [2.75, 3.05) is 11.1 Å². The molecule has 0 aliphatic rings. The second-order valence-electron chi connectivity index (χ2n) is 4.02. The quantitative estimate of drug-likeness (QED) is 0.753. The highest BCUT2D eigenvalue weighted by Gasteiger charge is 2.03. The van der Waals surface area contributed by atoms with Gasteiger partial charge < -0.3 is 16.4 Å². The van der Waals surface area contributed by atoms with Gasteiger partial charge in [-0.05, 0) is 35.9 Å². The molecule has 2 aromatic rings. The number of hydrogen-bond acceptors (Lipinski definition) is 2. The molecule has 0 aromatic heterocycles. The molecule has 5 heteroatoms. The molecule has 0 spiro atoms. The second kappa shape index (κ2) is 6.11. The lowest BCUT2D eigenvalue weighted by Gasteiger charge is -2.08. The smallest absolute Gasteiger partial charge is 0.319 e. The van der Waals surface area contributed by atoms with Crippen LogP contribution in [-0.4, -0.2) is 6.03 Å². The Balaban J connectivity index is 1.88. The Morgan fingerprint density at radius 1 is 1.11 bits per heavy atom. The topological polar surface area (TPSA) is 67.1 Å². The number of urea groups is 1. The number of benzene rings is 2. The zero-order valence-electron chi connectivity index (χ0n) is 10.2. The molecule has 98 valence electrons. The summed E-state index contributed by atoms with van der Waals surface area (Å²) in [5, 5.41) is 6.08. The van der Waals surface area contributed by atoms with Gasteiger partial charge in [0.2, 0.25) is 0 Å². The summed E-state index contributed by atoms with van der Waals surface area (Å²) in [5.74, 6) is 0. The van der Waals surface area contributed by atoms with E-state index in [9.17, 15) is 4.79 Å². The highest BCUT2D eigenvalue weighted by molar-refractivity contribution is 6.31. The summed E-state index contributed by atoms with van der Waals surface area (Å²) in [7, 11) is 0. The van der Waals surface area contributed by atoms with E-state index < -0.39 is 0 Å². The fraction of sp³-hybridized carbons (Fsp3) is 0.0714. The average molecular weight is 276 g/mol. The maximum atomic E-state index is 11.7. The van der Waals surface area contributed by atoms with Gasteiger partial charge in [-0.25, -0.2) is 4.79 Å². The third-order valence-electron chi connectivity index (χ3n) is 2.57. The van der Waals surface area contributed by atoms with Crippen LogP contribution in [0.15, 0.2) is 48.5 Å². The molecule has 0 saturated heterocycles. The summed E-state index contributed by atoms with van der Waals surface area (Å²) < 4.78 is 0. The van der Waals surface area contributed by atoms with Gasteiger partial charge in [-0.3, -0.25) is 0 Å². The van der Waals surface area contributed by atoms with E-state index >= 15 is 0 Å². The lowest BCUT2D eigenvalue weighted by molar-refractivity contribution is 0.252. The molecule has 0 saturated carbocycles. The van der Waals surface area contributed by atoms with Crippen molar-refractivity contribution in [2.24, 2.45) is 0 Å². The normalized spacial score (nSPS) is 9.95. The van der Waals surface area contributed by atoms with Gasteiger partial charge in [0.05, 0.1) is 0 Å². The maximum Gasteiger partial charge on any atom is 0.319 e. The van der Waals surface area contributed by atoms with E-state index in [1.807, 2.05) is 18.2 Å². The number of nitrogen functional groups attached to an aromatic ring is 1. The molecule has 2 aromatic carbocycles. The Kier molecular flexibility index (Phi) is 4.26. The van der Waals surface area contributed by atoms with Crippen LogP contribution in [0.5, 0.6) is 0 Å². The minimum absolute atomic E-state index is 0.287. The second-order valence-corrected chi connectivity index (χ2v) is 4.43. The third kappa shape index (κ3) is 3.89. The van der Waals surface area contributed by atoms with E-state index in [1.54, 1.807) is 30.3 Å². The Morgan fingerprint density at radius 3 is 2.47 bits per heavy atom. The molecule has 0 radical (unpaired) electrons. The molecule has 0 bridgehead atoms. The van der Waals surface area contributed by atoms with E-state index in [-0.39, 0.29) is 6.03 Å². The Bertz CT molecular complexity index is 569. The minimum atomic E-state index is -0.287. The summed E-state index contributed by atoms with van der Waals surface area (Å²) in [4.78, 5) is 11.7. The van der Waals surface area contributed by atoms with Crippen LogP contribution >= 0.6 is 11.6 Å². The van der Waals surface area contributed by atoms with Crippen LogP contribution in [0.2, 0.25) is 5.02 Å². The summed E-state index contributed by atoms with van der Waals surface area (Å²) in [6.45, 7) is 0.375. The molecule has 2 amide bonds. The van der Waals surface area contributed by atoms with E-state index in [0.717, 1.165) is 5.56 Å². The van der Waals surface area contributed by atoms with E-state index in [4.69, 9.17) is 17.3 Å². The van der Waals surface area contributed by atoms with Gasteiger partial charge in [0.25, 0.3) is 0 Å². The lowest BCUT2D eigenvalue weighted by atomic mass is 10.2. The minimum Gasteiger partial charge on any atom is -0.399 e. The molecule has 19 heavy (non-hydrogen) atoms. The monoisotopic (exact) mass is 275 g/mol. The largest absolute Gasteiger partial charge is 0.399 e. The van der Waals surface area contributed by atoms with Gasteiger partial charge >= 0.3 is 6.03 Å². The van der Waals surface area contributed by atoms with Crippen molar-refractivity contribution < 1.29 is 4.79 Å². The van der Waals surface area contributed by atoms with Crippen molar-refractivity contribution in [3.8, 4) is 0 Å². The SMILES string of the molecule is Nc1ccc(NC(=O)NCc2ccccc2Cl)cc1. The average Bonchev–Trinajstić information content (AvgIpc) is 2.40. The molecule has 0 aliphatic carbocycles. The first-order valence-electron chi connectivity index (χ1n) is 5.79. The van der Waals surface area contributed by atoms with Crippen molar-refractivity contribution in [1.82, 2.24) is 5.32 Å². The number of rotatable bonds is 3. The number of nitrogens with one attached hydrogen (secondary N) is 2. The summed E-state index contributed by atoms with van der Waals surface area (Å²) >= 11 is 6.00. The number of carbonyl (C=O) groups is 1. The highest BCUT2D eigenvalue weighted by Crippen LogP contribution is 2.14. The van der Waals surface area contributed by atoms with Gasteiger partial charge in [-0.1, -0.05) is 29.8 Å². The van der Waals surface area contributed by atoms with E-state index in [2.05, 4.69) is 10.6 Å². The Hall–Kier alpha value is -2.20. The number of hydrogen-bond donors (Lipinski definition) is 3. The molecule has 4 nitrogen and oxygen atoms in total. The fourth-order valence-electron chi connectivity index (χ4n) is 1.56. The molecular formula is C14H14ClN3O. The van der Waals surface area contributed by atoms with Crippen LogP contribution < -0.4 is 16.4 Å². The molecule has 4 N–H and O–H groups in total. The van der Waals surface area contributed by atoms with E-state index in [0.29, 0.717) is 22.9 Å². The molecule has 0 aliphatic heterocycles. The first-order valence-corrected chi connectivity index (χ1v) is 6.17. The van der Waals surface area contributed by atoms with Crippen molar-refractivity contribution in [2.45, 2.75) is 6.54 Å². The van der Waals surface area contributed by atoms with Crippen molar-refractivity contribution >= 4 is 29.0 Å². The van der Waals surface area contributed by atoms with Crippen molar-refractivity contribution in [3.05, 3.63) is 59.1 Å². The summed E-state index contributed by atoms with van der Waals surface area (Å²) in [5.41, 5.74) is 7.78. The van der Waals surface area contributed by atoms with Gasteiger partial charge in [0, 0.05) is 22.9 Å². The van der Waals surface area contributed by atoms with Crippen molar-refractivity contribution in [3.63, 3.8) is 0 Å². The van der Waals surface area contributed by atoms with E-state index in [1.165, 1.54) is 0 Å². The van der Waals surface area contributed by atoms with Gasteiger partial charge in [0.15, 0.2) is 0 Å². The molecule has 0 atom stereocenters. The number of anilines is 2. The third-order valence-corrected chi connectivity index (χ3v) is 2.93. The first-order chi connectivity index (χ1) is 9.15. The number of halogens is 1. The summed E-state index contributed by atoms with van der Waals surface area (Å²) in [6, 6.07) is 14.0. The van der Waals surface area contributed by atoms with Crippen molar-refractivity contribution in [1.29, 1.82) is 0 Å². The zero-order chi connectivity index (χ0) is 13.7. The zero-order valence-corrected chi connectivity index (χ0v) is 10.9. The molecule has 0 fully saturated rings. The molecule has 0 heterocycles. The number of amides is 2. The standard InChI is InChI=1S/C14H14ClN3O/c15-13-4-2-1-3-10(13)9-17-14(19)18-12-7-5-11(16)6-8-12/h1-8H,9,16H2,(H2,17,18,19). The number of carbonyl (C=O) groups excluding carboxylic acids is 1. The van der Waals surface area contributed by atoms with Crippen LogP contribution in [0.1, 0.15) is 5.56 Å². The molecular weight excluding hydrogens is 262 g/mol. The molecule has 0 unspecified atom stereocenters. The molecule has 2 rings (SSSR count).